The van der Waals surface area contributed by atoms with Gasteiger partial charge >= 0.3 is 0 Å². The van der Waals surface area contributed by atoms with Crippen LogP contribution in [0.2, 0.25) is 0 Å². The van der Waals surface area contributed by atoms with Gasteiger partial charge in [-0.1, -0.05) is 59.8 Å². The van der Waals surface area contributed by atoms with E-state index < -0.39 is 0 Å². The van der Waals surface area contributed by atoms with Gasteiger partial charge < -0.3 is 0 Å². The third kappa shape index (κ3) is 3.46. The van der Waals surface area contributed by atoms with Crippen molar-refractivity contribution in [1.82, 2.24) is 9.55 Å². The maximum atomic E-state index is 12.8. The van der Waals surface area contributed by atoms with Gasteiger partial charge in [0.2, 0.25) is 0 Å². The van der Waals surface area contributed by atoms with Crippen LogP contribution in [0.5, 0.6) is 0 Å². The van der Waals surface area contributed by atoms with E-state index in [1.807, 2.05) is 41.5 Å². The molecule has 0 saturated heterocycles. The Bertz CT molecular complexity index is 968. The molecule has 132 valence electrons. The summed E-state index contributed by atoms with van der Waals surface area (Å²) in [6.07, 6.45) is 0. The molecule has 1 aliphatic heterocycles. The Balaban J connectivity index is 1.78. The molecular formula is C21H20N2OS2. The average Bonchev–Trinajstić information content (AvgIpc) is 2.64. The summed E-state index contributed by atoms with van der Waals surface area (Å²) >= 11 is 3.52. The van der Waals surface area contributed by atoms with Gasteiger partial charge in [-0.05, 0) is 31.5 Å². The molecule has 0 spiro atoms. The molecule has 4 rings (SSSR count). The fourth-order valence-electron chi connectivity index (χ4n) is 3.26. The smallest absolute Gasteiger partial charge is 0.254 e. The SMILES string of the molecule is Cc1ccc(S[C@@H]2CSc3nc(C)cc(=O)n3[C@@H]2c2ccccc2)cc1. The van der Waals surface area contributed by atoms with Crippen molar-refractivity contribution in [2.45, 2.75) is 35.2 Å². The fraction of sp³-hybridized carbons (Fsp3) is 0.238. The number of hydrogen-bond donors (Lipinski definition) is 0. The zero-order valence-electron chi connectivity index (χ0n) is 14.8. The predicted octanol–water partition coefficient (Wildman–Crippen LogP) is 4.72. The normalized spacial score (nSPS) is 19.2. The van der Waals surface area contributed by atoms with E-state index in [1.54, 1.807) is 17.8 Å². The first-order valence-corrected chi connectivity index (χ1v) is 10.5. The minimum Gasteiger partial charge on any atom is -0.279 e. The van der Waals surface area contributed by atoms with Crippen molar-refractivity contribution in [3.63, 3.8) is 0 Å². The Morgan fingerprint density at radius 1 is 1.08 bits per heavy atom. The number of nitrogens with zero attached hydrogens (tertiary/aromatic N) is 2. The average molecular weight is 381 g/mol. The van der Waals surface area contributed by atoms with Crippen LogP contribution in [-0.4, -0.2) is 20.6 Å². The zero-order valence-corrected chi connectivity index (χ0v) is 16.4. The maximum absolute atomic E-state index is 12.8. The van der Waals surface area contributed by atoms with Crippen LogP contribution < -0.4 is 5.56 Å². The summed E-state index contributed by atoms with van der Waals surface area (Å²) in [5.41, 5.74) is 3.23. The van der Waals surface area contributed by atoms with Gasteiger partial charge in [-0.15, -0.1) is 11.8 Å². The molecule has 1 aliphatic rings. The van der Waals surface area contributed by atoms with Gasteiger partial charge in [0.05, 0.1) is 6.04 Å². The predicted molar refractivity (Wildman–Crippen MR) is 109 cm³/mol. The molecule has 0 saturated carbocycles. The largest absolute Gasteiger partial charge is 0.279 e. The summed E-state index contributed by atoms with van der Waals surface area (Å²) in [4.78, 5) is 18.7. The summed E-state index contributed by atoms with van der Waals surface area (Å²) < 4.78 is 1.88. The van der Waals surface area contributed by atoms with Crippen molar-refractivity contribution in [3.8, 4) is 0 Å². The topological polar surface area (TPSA) is 34.9 Å². The lowest BCUT2D eigenvalue weighted by Crippen LogP contribution is -2.38. The third-order valence-electron chi connectivity index (χ3n) is 4.50. The molecule has 0 N–H and O–H groups in total. The molecule has 0 fully saturated rings. The van der Waals surface area contributed by atoms with Gasteiger partial charge in [-0.2, -0.15) is 0 Å². The van der Waals surface area contributed by atoms with E-state index in [9.17, 15) is 4.79 Å². The molecule has 3 nitrogen and oxygen atoms in total. The molecule has 0 radical (unpaired) electrons. The van der Waals surface area contributed by atoms with Crippen molar-refractivity contribution in [1.29, 1.82) is 0 Å². The van der Waals surface area contributed by atoms with Crippen LogP contribution >= 0.6 is 23.5 Å². The van der Waals surface area contributed by atoms with Crippen molar-refractivity contribution in [3.05, 3.63) is 87.8 Å². The van der Waals surface area contributed by atoms with Gasteiger partial charge in [-0.25, -0.2) is 4.98 Å². The maximum Gasteiger partial charge on any atom is 0.254 e. The highest BCUT2D eigenvalue weighted by Crippen LogP contribution is 2.42. The molecule has 2 atom stereocenters. The number of fused-ring (bicyclic) bond motifs is 1. The third-order valence-corrected chi connectivity index (χ3v) is 7.06. The van der Waals surface area contributed by atoms with Crippen molar-refractivity contribution in [2.75, 3.05) is 5.75 Å². The highest BCUT2D eigenvalue weighted by atomic mass is 32.2. The van der Waals surface area contributed by atoms with Gasteiger partial charge in [0.1, 0.15) is 0 Å². The first kappa shape index (κ1) is 17.4. The molecule has 0 unspecified atom stereocenters. The van der Waals surface area contributed by atoms with Crippen LogP contribution in [0.1, 0.15) is 22.9 Å². The van der Waals surface area contributed by atoms with Crippen LogP contribution in [0.15, 0.2) is 75.5 Å². The minimum absolute atomic E-state index is 0.0145. The first-order chi connectivity index (χ1) is 12.6. The summed E-state index contributed by atoms with van der Waals surface area (Å²) in [5.74, 6) is 0.925. The van der Waals surface area contributed by atoms with E-state index in [2.05, 4.69) is 48.3 Å². The van der Waals surface area contributed by atoms with Gasteiger partial charge in [0, 0.05) is 27.7 Å². The van der Waals surface area contributed by atoms with Gasteiger partial charge in [0.25, 0.3) is 5.56 Å². The Morgan fingerprint density at radius 2 is 1.81 bits per heavy atom. The van der Waals surface area contributed by atoms with Gasteiger partial charge in [-0.3, -0.25) is 9.36 Å². The number of thioether (sulfide) groups is 2. The molecule has 0 amide bonds. The molecule has 1 aromatic heterocycles. The molecule has 5 heteroatoms. The summed E-state index contributed by atoms with van der Waals surface area (Å²) in [6, 6.07) is 20.5. The number of hydrogen-bond acceptors (Lipinski definition) is 4. The first-order valence-electron chi connectivity index (χ1n) is 8.63. The van der Waals surface area contributed by atoms with Crippen LogP contribution in [0.3, 0.4) is 0 Å². The lowest BCUT2D eigenvalue weighted by atomic mass is 10.0. The second-order valence-corrected chi connectivity index (χ2v) is 8.82. The number of aryl methyl sites for hydroxylation is 2. The fourth-order valence-corrected chi connectivity index (χ4v) is 5.83. The molecule has 0 bridgehead atoms. The number of benzene rings is 2. The molecule has 2 aromatic carbocycles. The monoisotopic (exact) mass is 380 g/mol. The Kier molecular flexibility index (Phi) is 4.92. The Morgan fingerprint density at radius 3 is 2.54 bits per heavy atom. The molecule has 26 heavy (non-hydrogen) atoms. The Hall–Kier alpha value is -1.98. The highest BCUT2D eigenvalue weighted by molar-refractivity contribution is 8.03. The molecule has 3 aromatic rings. The lowest BCUT2D eigenvalue weighted by Gasteiger charge is -2.34. The van der Waals surface area contributed by atoms with Crippen molar-refractivity contribution < 1.29 is 0 Å². The summed E-state index contributed by atoms with van der Waals surface area (Å²) in [5, 5.41) is 1.09. The minimum atomic E-state index is -0.0145. The second-order valence-electron chi connectivity index (χ2n) is 6.52. The van der Waals surface area contributed by atoms with E-state index >= 15 is 0 Å². The second kappa shape index (κ2) is 7.33. The molecule has 0 aliphatic carbocycles. The van der Waals surface area contributed by atoms with Crippen molar-refractivity contribution in [2.24, 2.45) is 0 Å². The van der Waals surface area contributed by atoms with E-state index in [0.717, 1.165) is 22.2 Å². The molecule has 2 heterocycles. The van der Waals surface area contributed by atoms with E-state index in [4.69, 9.17) is 0 Å². The van der Waals surface area contributed by atoms with Crippen LogP contribution in [-0.2, 0) is 0 Å². The van der Waals surface area contributed by atoms with E-state index in [-0.39, 0.29) is 16.9 Å². The van der Waals surface area contributed by atoms with Crippen LogP contribution in [0.25, 0.3) is 0 Å². The van der Waals surface area contributed by atoms with E-state index in [0.29, 0.717) is 0 Å². The van der Waals surface area contributed by atoms with E-state index in [1.165, 1.54) is 10.5 Å². The van der Waals surface area contributed by atoms with Crippen LogP contribution in [0.4, 0.5) is 0 Å². The van der Waals surface area contributed by atoms with Gasteiger partial charge in [0.15, 0.2) is 5.16 Å². The highest BCUT2D eigenvalue weighted by Gasteiger charge is 2.33. The standard InChI is InChI=1S/C21H20N2OS2/c1-14-8-10-17(11-9-14)26-18-13-25-21-22-15(2)12-19(24)23(21)20(18)16-6-4-3-5-7-16/h3-12,18,20H,13H2,1-2H3/t18-,20-/m1/s1. The summed E-state index contributed by atoms with van der Waals surface area (Å²) in [6.45, 7) is 3.98. The van der Waals surface area contributed by atoms with Crippen molar-refractivity contribution >= 4 is 23.5 Å². The Labute approximate surface area is 161 Å². The zero-order chi connectivity index (χ0) is 18.1. The quantitative estimate of drug-likeness (QED) is 0.616. The van der Waals surface area contributed by atoms with Crippen LogP contribution in [0, 0.1) is 13.8 Å². The summed E-state index contributed by atoms with van der Waals surface area (Å²) in [7, 11) is 0. The number of aromatic nitrogens is 2. The lowest BCUT2D eigenvalue weighted by molar-refractivity contribution is 0.488. The molecular weight excluding hydrogens is 360 g/mol. The number of rotatable bonds is 3.